The van der Waals surface area contributed by atoms with Gasteiger partial charge in [-0.2, -0.15) is 4.80 Å². The van der Waals surface area contributed by atoms with Crippen molar-refractivity contribution in [3.05, 3.63) is 30.3 Å². The van der Waals surface area contributed by atoms with E-state index in [1.807, 2.05) is 44.2 Å². The van der Waals surface area contributed by atoms with Gasteiger partial charge in [-0.15, -0.1) is 10.2 Å². The third-order valence-corrected chi connectivity index (χ3v) is 3.05. The van der Waals surface area contributed by atoms with Crippen molar-refractivity contribution >= 4 is 5.91 Å². The maximum absolute atomic E-state index is 11.7. The van der Waals surface area contributed by atoms with Gasteiger partial charge >= 0.3 is 0 Å². The number of carbonyl (C=O) groups excluding carboxylic acids is 1. The molecule has 7 heteroatoms. The molecule has 0 spiro atoms. The molecule has 1 heterocycles. The smallest absolute Gasteiger partial charge is 0.243 e. The molecule has 1 unspecified atom stereocenters. The molecule has 2 N–H and O–H groups in total. The third-order valence-electron chi connectivity index (χ3n) is 3.05. The van der Waals surface area contributed by atoms with Crippen LogP contribution in [0, 0.1) is 5.92 Å². The monoisotopic (exact) mass is 289 g/mol. The van der Waals surface area contributed by atoms with E-state index >= 15 is 0 Å². The Kier molecular flexibility index (Phi) is 4.99. The molecule has 2 rings (SSSR count). The van der Waals surface area contributed by atoms with E-state index in [0.717, 1.165) is 5.56 Å². The topological polar surface area (TPSA) is 92.9 Å². The van der Waals surface area contributed by atoms with Crippen LogP contribution in [0.2, 0.25) is 0 Å². The zero-order chi connectivity index (χ0) is 15.2. The van der Waals surface area contributed by atoms with Crippen LogP contribution in [0.1, 0.15) is 13.8 Å². The van der Waals surface area contributed by atoms with Crippen molar-refractivity contribution in [1.29, 1.82) is 0 Å². The standard InChI is InChI=1S/C14H19N5O2/c1-10(2)12(20)8-15-13(21)9-19-17-14(16-18-19)11-6-4-3-5-7-11/h3-7,10,12,20H,8-9H2,1-2H3,(H,15,21). The molecule has 2 aromatic rings. The van der Waals surface area contributed by atoms with Crippen LogP contribution in [0.5, 0.6) is 0 Å². The van der Waals surface area contributed by atoms with Crippen LogP contribution in [0.15, 0.2) is 30.3 Å². The largest absolute Gasteiger partial charge is 0.391 e. The lowest BCUT2D eigenvalue weighted by Gasteiger charge is -2.14. The molecule has 0 fully saturated rings. The molecule has 0 aliphatic carbocycles. The number of nitrogens with one attached hydrogen (secondary N) is 1. The second-order valence-electron chi connectivity index (χ2n) is 5.12. The lowest BCUT2D eigenvalue weighted by molar-refractivity contribution is -0.122. The summed E-state index contributed by atoms with van der Waals surface area (Å²) in [6, 6.07) is 9.42. The Hall–Kier alpha value is -2.28. The minimum atomic E-state index is -0.558. The highest BCUT2D eigenvalue weighted by Gasteiger charge is 2.12. The van der Waals surface area contributed by atoms with Crippen LogP contribution in [0.25, 0.3) is 11.4 Å². The molecule has 0 radical (unpaired) electrons. The molecule has 1 aromatic carbocycles. The van der Waals surface area contributed by atoms with E-state index in [4.69, 9.17) is 0 Å². The number of aromatic nitrogens is 4. The molecule has 1 amide bonds. The minimum Gasteiger partial charge on any atom is -0.391 e. The lowest BCUT2D eigenvalue weighted by atomic mass is 10.1. The summed E-state index contributed by atoms with van der Waals surface area (Å²) in [7, 11) is 0. The number of benzene rings is 1. The molecule has 1 atom stereocenters. The van der Waals surface area contributed by atoms with Crippen LogP contribution >= 0.6 is 0 Å². The second kappa shape index (κ2) is 6.94. The molecular formula is C14H19N5O2. The molecule has 0 saturated heterocycles. The zero-order valence-corrected chi connectivity index (χ0v) is 12.1. The van der Waals surface area contributed by atoms with Crippen molar-refractivity contribution in [3.8, 4) is 11.4 Å². The van der Waals surface area contributed by atoms with Gasteiger partial charge in [0.25, 0.3) is 0 Å². The van der Waals surface area contributed by atoms with Crippen LogP contribution in [0.4, 0.5) is 0 Å². The molecule has 0 saturated carbocycles. The number of hydrogen-bond acceptors (Lipinski definition) is 5. The van der Waals surface area contributed by atoms with Gasteiger partial charge in [-0.05, 0) is 11.1 Å². The first kappa shape index (κ1) is 15.1. The van der Waals surface area contributed by atoms with Gasteiger partial charge in [0.15, 0.2) is 0 Å². The highest BCUT2D eigenvalue weighted by atomic mass is 16.3. The molecule has 1 aromatic heterocycles. The molecular weight excluding hydrogens is 270 g/mol. The summed E-state index contributed by atoms with van der Waals surface area (Å²) in [5, 5.41) is 24.2. The maximum atomic E-state index is 11.7. The second-order valence-corrected chi connectivity index (χ2v) is 5.12. The molecule has 0 bridgehead atoms. The number of aliphatic hydroxyl groups is 1. The average Bonchev–Trinajstić information content (AvgIpc) is 2.94. The summed E-state index contributed by atoms with van der Waals surface area (Å²) in [6.45, 7) is 3.98. The van der Waals surface area contributed by atoms with Gasteiger partial charge < -0.3 is 10.4 Å². The van der Waals surface area contributed by atoms with Crippen molar-refractivity contribution in [3.63, 3.8) is 0 Å². The summed E-state index contributed by atoms with van der Waals surface area (Å²) >= 11 is 0. The Morgan fingerprint density at radius 2 is 2.05 bits per heavy atom. The van der Waals surface area contributed by atoms with E-state index in [0.29, 0.717) is 5.82 Å². The predicted molar refractivity (Wildman–Crippen MR) is 77.1 cm³/mol. The van der Waals surface area contributed by atoms with E-state index in [9.17, 15) is 9.90 Å². The van der Waals surface area contributed by atoms with E-state index in [-0.39, 0.29) is 24.9 Å². The van der Waals surface area contributed by atoms with Crippen LogP contribution in [0.3, 0.4) is 0 Å². The van der Waals surface area contributed by atoms with Gasteiger partial charge in [0.1, 0.15) is 6.54 Å². The predicted octanol–water partition coefficient (Wildman–Crippen LogP) is 0.473. The van der Waals surface area contributed by atoms with Gasteiger partial charge in [-0.1, -0.05) is 44.2 Å². The van der Waals surface area contributed by atoms with E-state index in [1.54, 1.807) is 0 Å². The van der Waals surface area contributed by atoms with E-state index in [1.165, 1.54) is 4.80 Å². The van der Waals surface area contributed by atoms with Crippen molar-refractivity contribution in [1.82, 2.24) is 25.5 Å². The van der Waals surface area contributed by atoms with Crippen molar-refractivity contribution in [2.24, 2.45) is 5.92 Å². The van der Waals surface area contributed by atoms with Gasteiger partial charge in [-0.25, -0.2) is 0 Å². The number of rotatable bonds is 6. The molecule has 0 aliphatic rings. The van der Waals surface area contributed by atoms with E-state index in [2.05, 4.69) is 20.7 Å². The summed E-state index contributed by atoms with van der Waals surface area (Å²) in [5.41, 5.74) is 0.847. The summed E-state index contributed by atoms with van der Waals surface area (Å²) in [4.78, 5) is 13.0. The number of amides is 1. The summed E-state index contributed by atoms with van der Waals surface area (Å²) in [6.07, 6.45) is -0.558. The van der Waals surface area contributed by atoms with Crippen molar-refractivity contribution < 1.29 is 9.90 Å². The Balaban J connectivity index is 1.89. The highest BCUT2D eigenvalue weighted by Crippen LogP contribution is 2.11. The first-order chi connectivity index (χ1) is 10.1. The summed E-state index contributed by atoms with van der Waals surface area (Å²) < 4.78 is 0. The van der Waals surface area contributed by atoms with Gasteiger partial charge in [0.2, 0.25) is 11.7 Å². The first-order valence-electron chi connectivity index (χ1n) is 6.84. The molecule has 21 heavy (non-hydrogen) atoms. The normalized spacial score (nSPS) is 12.4. The van der Waals surface area contributed by atoms with Crippen LogP contribution < -0.4 is 5.32 Å². The fraction of sp³-hybridized carbons (Fsp3) is 0.429. The number of nitrogens with zero attached hydrogens (tertiary/aromatic N) is 4. The summed E-state index contributed by atoms with van der Waals surface area (Å²) in [5.74, 6) is 0.316. The minimum absolute atomic E-state index is 0.0232. The average molecular weight is 289 g/mol. The first-order valence-corrected chi connectivity index (χ1v) is 6.84. The fourth-order valence-corrected chi connectivity index (χ4v) is 1.65. The Morgan fingerprint density at radius 1 is 1.33 bits per heavy atom. The zero-order valence-electron chi connectivity index (χ0n) is 12.1. The van der Waals surface area contributed by atoms with E-state index < -0.39 is 6.10 Å². The van der Waals surface area contributed by atoms with Gasteiger partial charge in [0, 0.05) is 12.1 Å². The Morgan fingerprint density at radius 3 is 2.71 bits per heavy atom. The van der Waals surface area contributed by atoms with Crippen LogP contribution in [-0.2, 0) is 11.3 Å². The van der Waals surface area contributed by atoms with Gasteiger partial charge in [0.05, 0.1) is 6.10 Å². The Bertz CT molecular complexity index is 582. The van der Waals surface area contributed by atoms with Gasteiger partial charge in [-0.3, -0.25) is 4.79 Å². The Labute approximate surface area is 123 Å². The fourth-order valence-electron chi connectivity index (χ4n) is 1.65. The SMILES string of the molecule is CC(C)C(O)CNC(=O)Cn1nnc(-c2ccccc2)n1. The third kappa shape index (κ3) is 4.35. The lowest BCUT2D eigenvalue weighted by Crippen LogP contribution is -2.36. The number of hydrogen-bond donors (Lipinski definition) is 2. The quantitative estimate of drug-likeness (QED) is 0.806. The van der Waals surface area contributed by atoms with Crippen molar-refractivity contribution in [2.45, 2.75) is 26.5 Å². The van der Waals surface area contributed by atoms with Crippen LogP contribution in [-0.4, -0.2) is 43.9 Å². The maximum Gasteiger partial charge on any atom is 0.243 e. The molecule has 7 nitrogen and oxygen atoms in total. The number of carbonyl (C=O) groups is 1. The highest BCUT2D eigenvalue weighted by molar-refractivity contribution is 5.75. The number of tetrazole rings is 1. The number of aliphatic hydroxyl groups excluding tert-OH is 1. The van der Waals surface area contributed by atoms with Crippen molar-refractivity contribution in [2.75, 3.05) is 6.54 Å². The molecule has 0 aliphatic heterocycles. The molecule has 112 valence electrons.